The number of likely N-dealkylation sites (tertiary alicyclic amines) is 3. The smallest absolute Gasteiger partial charge is 0.319 e. The molecule has 3 saturated heterocycles. The summed E-state index contributed by atoms with van der Waals surface area (Å²) in [5, 5.41) is 4.02. The minimum atomic E-state index is -0.503. The molecule has 0 radical (unpaired) electrons. The lowest BCUT2D eigenvalue weighted by atomic mass is 9.60. The summed E-state index contributed by atoms with van der Waals surface area (Å²) >= 11 is 1.61. The van der Waals surface area contributed by atoms with Crippen molar-refractivity contribution in [2.75, 3.05) is 53.4 Å². The maximum absolute atomic E-state index is 13.5. The van der Waals surface area contributed by atoms with Gasteiger partial charge in [0.1, 0.15) is 0 Å². The minimum absolute atomic E-state index is 0.0232. The van der Waals surface area contributed by atoms with Crippen LogP contribution in [0.15, 0.2) is 16.8 Å². The normalized spacial score (nSPS) is 25.6. The van der Waals surface area contributed by atoms with Crippen molar-refractivity contribution in [2.24, 2.45) is 10.8 Å². The number of carbonyl (C=O) groups excluding carboxylic acids is 3. The lowest BCUT2D eigenvalue weighted by molar-refractivity contribution is -0.143. The minimum Gasteiger partial charge on any atom is -0.342 e. The van der Waals surface area contributed by atoms with Crippen LogP contribution < -0.4 is 0 Å². The number of fused-ring (bicyclic) bond motifs is 1. The summed E-state index contributed by atoms with van der Waals surface area (Å²) in [6.07, 6.45) is 2.81. The molecule has 0 bridgehead atoms. The summed E-state index contributed by atoms with van der Waals surface area (Å²) < 4.78 is 0. The van der Waals surface area contributed by atoms with Gasteiger partial charge in [0.25, 0.3) is 0 Å². The van der Waals surface area contributed by atoms with Gasteiger partial charge in [-0.2, -0.15) is 11.3 Å². The van der Waals surface area contributed by atoms with Crippen LogP contribution in [0.4, 0.5) is 4.79 Å². The molecule has 1 aromatic rings. The Balaban J connectivity index is 1.54. The van der Waals surface area contributed by atoms with E-state index in [0.717, 1.165) is 31.4 Å². The first-order valence-electron chi connectivity index (χ1n) is 10.9. The van der Waals surface area contributed by atoms with Crippen LogP contribution in [0.5, 0.6) is 0 Å². The molecule has 3 aliphatic rings. The summed E-state index contributed by atoms with van der Waals surface area (Å²) in [4.78, 5) is 46.4. The standard InChI is InChI=1S/C22H32N4O3S/c1-4-24-11-8-22(19(24)28)16-26(20(29)23(2)3)15-21(22)6-9-25(10-7-21)18(27)13-17-5-12-30-14-17/h5,12,14H,4,6-11,13,15-16H2,1-3H3/t22-/m0/s1. The number of urea groups is 1. The monoisotopic (exact) mass is 432 g/mol. The molecule has 0 aliphatic carbocycles. The number of carbonyl (C=O) groups is 3. The fourth-order valence-electron chi connectivity index (χ4n) is 5.76. The molecule has 0 saturated carbocycles. The number of hydrogen-bond donors (Lipinski definition) is 0. The van der Waals surface area contributed by atoms with Crippen LogP contribution in [0.25, 0.3) is 0 Å². The van der Waals surface area contributed by atoms with Crippen molar-refractivity contribution in [2.45, 2.75) is 32.6 Å². The summed E-state index contributed by atoms with van der Waals surface area (Å²) in [7, 11) is 3.53. The molecular weight excluding hydrogens is 400 g/mol. The molecule has 3 aliphatic heterocycles. The van der Waals surface area contributed by atoms with E-state index in [1.54, 1.807) is 30.3 Å². The van der Waals surface area contributed by atoms with Gasteiger partial charge in [-0.15, -0.1) is 0 Å². The highest BCUT2D eigenvalue weighted by Crippen LogP contribution is 2.58. The highest BCUT2D eigenvalue weighted by atomic mass is 32.1. The van der Waals surface area contributed by atoms with Gasteiger partial charge in [-0.3, -0.25) is 9.59 Å². The second-order valence-corrected chi connectivity index (χ2v) is 10.00. The molecule has 8 heteroatoms. The third kappa shape index (κ3) is 3.29. The van der Waals surface area contributed by atoms with Gasteiger partial charge in [0.05, 0.1) is 11.8 Å². The molecule has 0 N–H and O–H groups in total. The van der Waals surface area contributed by atoms with E-state index in [1.807, 2.05) is 38.4 Å². The van der Waals surface area contributed by atoms with E-state index in [2.05, 4.69) is 0 Å². The number of thiophene rings is 1. The Morgan fingerprint density at radius 1 is 1.10 bits per heavy atom. The van der Waals surface area contributed by atoms with E-state index in [1.165, 1.54) is 0 Å². The average molecular weight is 433 g/mol. The first kappa shape index (κ1) is 21.2. The molecule has 4 heterocycles. The van der Waals surface area contributed by atoms with Gasteiger partial charge in [0, 0.05) is 58.8 Å². The van der Waals surface area contributed by atoms with Gasteiger partial charge in [-0.05, 0) is 48.6 Å². The molecule has 2 spiro atoms. The van der Waals surface area contributed by atoms with Crippen LogP contribution in [0.2, 0.25) is 0 Å². The molecule has 164 valence electrons. The van der Waals surface area contributed by atoms with Crippen molar-refractivity contribution in [3.05, 3.63) is 22.4 Å². The van der Waals surface area contributed by atoms with E-state index in [9.17, 15) is 14.4 Å². The number of nitrogens with zero attached hydrogens (tertiary/aromatic N) is 4. The molecular formula is C22H32N4O3S. The summed E-state index contributed by atoms with van der Waals surface area (Å²) in [5.74, 6) is 0.363. The fourth-order valence-corrected chi connectivity index (χ4v) is 6.43. The zero-order valence-corrected chi connectivity index (χ0v) is 19.0. The van der Waals surface area contributed by atoms with Crippen LogP contribution in [-0.2, 0) is 16.0 Å². The Kier molecular flexibility index (Phi) is 5.55. The Labute approximate surface area is 182 Å². The first-order valence-corrected chi connectivity index (χ1v) is 11.8. The molecule has 30 heavy (non-hydrogen) atoms. The van der Waals surface area contributed by atoms with Crippen LogP contribution in [0.1, 0.15) is 31.7 Å². The Morgan fingerprint density at radius 3 is 2.40 bits per heavy atom. The second-order valence-electron chi connectivity index (χ2n) is 9.22. The van der Waals surface area contributed by atoms with Crippen molar-refractivity contribution in [3.8, 4) is 0 Å². The van der Waals surface area contributed by atoms with E-state index in [4.69, 9.17) is 0 Å². The SMILES string of the molecule is CCN1CC[C@]2(CN(C(=O)N(C)C)CC23CCN(C(=O)Cc2ccsc2)CC3)C1=O. The van der Waals surface area contributed by atoms with E-state index >= 15 is 0 Å². The Morgan fingerprint density at radius 2 is 1.83 bits per heavy atom. The largest absolute Gasteiger partial charge is 0.342 e. The molecule has 3 fully saturated rings. The van der Waals surface area contributed by atoms with Crippen molar-refractivity contribution >= 4 is 29.2 Å². The molecule has 4 amide bonds. The highest BCUT2D eigenvalue weighted by Gasteiger charge is 2.65. The molecule has 4 rings (SSSR count). The van der Waals surface area contributed by atoms with Crippen molar-refractivity contribution in [1.82, 2.24) is 19.6 Å². The van der Waals surface area contributed by atoms with Gasteiger partial charge in [0.15, 0.2) is 0 Å². The number of amides is 4. The predicted molar refractivity (Wildman–Crippen MR) is 116 cm³/mol. The van der Waals surface area contributed by atoms with Crippen LogP contribution in [0, 0.1) is 10.8 Å². The quantitative estimate of drug-likeness (QED) is 0.735. The maximum atomic E-state index is 13.5. The predicted octanol–water partition coefficient (Wildman–Crippen LogP) is 2.14. The molecule has 1 atom stereocenters. The van der Waals surface area contributed by atoms with Gasteiger partial charge < -0.3 is 19.6 Å². The van der Waals surface area contributed by atoms with Gasteiger partial charge in [-0.1, -0.05) is 0 Å². The lowest BCUT2D eigenvalue weighted by Gasteiger charge is -2.46. The van der Waals surface area contributed by atoms with Gasteiger partial charge in [0.2, 0.25) is 11.8 Å². The van der Waals surface area contributed by atoms with Crippen molar-refractivity contribution < 1.29 is 14.4 Å². The maximum Gasteiger partial charge on any atom is 0.319 e. The van der Waals surface area contributed by atoms with Gasteiger partial charge >= 0.3 is 6.03 Å². The zero-order valence-electron chi connectivity index (χ0n) is 18.2. The third-order valence-corrected chi connectivity index (χ3v) is 8.25. The van der Waals surface area contributed by atoms with Crippen LogP contribution in [-0.4, -0.2) is 90.8 Å². The summed E-state index contributed by atoms with van der Waals surface area (Å²) in [6, 6.07) is 1.98. The van der Waals surface area contributed by atoms with Gasteiger partial charge in [-0.25, -0.2) is 4.79 Å². The first-order chi connectivity index (χ1) is 14.3. The highest BCUT2D eigenvalue weighted by molar-refractivity contribution is 7.08. The van der Waals surface area contributed by atoms with Crippen molar-refractivity contribution in [1.29, 1.82) is 0 Å². The average Bonchev–Trinajstić information content (AvgIpc) is 3.43. The summed E-state index contributed by atoms with van der Waals surface area (Å²) in [5.41, 5.74) is 0.325. The van der Waals surface area contributed by atoms with Crippen molar-refractivity contribution in [3.63, 3.8) is 0 Å². The summed E-state index contributed by atoms with van der Waals surface area (Å²) in [6.45, 7) is 5.93. The topological polar surface area (TPSA) is 64.2 Å². The van der Waals surface area contributed by atoms with E-state index in [-0.39, 0.29) is 23.3 Å². The zero-order chi connectivity index (χ0) is 21.5. The fraction of sp³-hybridized carbons (Fsp3) is 0.682. The Bertz CT molecular complexity index is 816. The lowest BCUT2D eigenvalue weighted by Crippen LogP contribution is -2.53. The molecule has 1 aromatic heterocycles. The van der Waals surface area contributed by atoms with Crippen LogP contribution in [0.3, 0.4) is 0 Å². The number of hydrogen-bond acceptors (Lipinski definition) is 4. The van der Waals surface area contributed by atoms with Crippen LogP contribution >= 0.6 is 11.3 Å². The third-order valence-electron chi connectivity index (χ3n) is 7.52. The Hall–Kier alpha value is -2.09. The number of rotatable bonds is 3. The van der Waals surface area contributed by atoms with E-state index < -0.39 is 5.41 Å². The molecule has 7 nitrogen and oxygen atoms in total. The van der Waals surface area contributed by atoms with E-state index in [0.29, 0.717) is 39.1 Å². The number of piperidine rings is 1. The second kappa shape index (κ2) is 7.87. The molecule has 0 aromatic carbocycles. The molecule has 0 unspecified atom stereocenters.